The lowest BCUT2D eigenvalue weighted by atomic mass is 10.2. The van der Waals surface area contributed by atoms with Crippen molar-refractivity contribution in [2.75, 3.05) is 10.2 Å². The fourth-order valence-electron chi connectivity index (χ4n) is 2.24. The van der Waals surface area contributed by atoms with Crippen LogP contribution in [0.1, 0.15) is 41.5 Å². The fraction of sp³-hybridized carbons (Fsp3) is 0.526. The minimum atomic E-state index is -2.61. The number of anilines is 3. The SMILES string of the molecule is CC(C)(C)OC(=O)N(C(=O)OC(C)(C)C)c1ccnc(Nc2ccnn2CC(F)F)n1. The third kappa shape index (κ3) is 7.46. The number of amides is 2. The Hall–Kier alpha value is -3.31. The van der Waals surface area contributed by atoms with Gasteiger partial charge in [-0.25, -0.2) is 28.0 Å². The molecule has 10 nitrogen and oxygen atoms in total. The Labute approximate surface area is 178 Å². The summed E-state index contributed by atoms with van der Waals surface area (Å²) >= 11 is 0. The van der Waals surface area contributed by atoms with Crippen molar-refractivity contribution >= 4 is 29.8 Å². The third-order valence-corrected chi connectivity index (χ3v) is 3.29. The third-order valence-electron chi connectivity index (χ3n) is 3.29. The van der Waals surface area contributed by atoms with Gasteiger partial charge in [-0.05, 0) is 41.5 Å². The lowest BCUT2D eigenvalue weighted by Gasteiger charge is -2.28. The quantitative estimate of drug-likeness (QED) is 0.730. The summed E-state index contributed by atoms with van der Waals surface area (Å²) in [5, 5.41) is 6.55. The minimum absolute atomic E-state index is 0.0503. The van der Waals surface area contributed by atoms with Gasteiger partial charge in [0.15, 0.2) is 5.82 Å². The van der Waals surface area contributed by atoms with Crippen molar-refractivity contribution in [3.05, 3.63) is 24.5 Å². The molecule has 0 bridgehead atoms. The molecule has 0 fully saturated rings. The zero-order valence-corrected chi connectivity index (χ0v) is 18.2. The Balaban J connectivity index is 2.35. The van der Waals surface area contributed by atoms with Gasteiger partial charge < -0.3 is 14.8 Å². The second kappa shape index (κ2) is 9.23. The number of aromatic nitrogens is 4. The van der Waals surface area contributed by atoms with Gasteiger partial charge in [-0.1, -0.05) is 0 Å². The molecular weight excluding hydrogens is 414 g/mol. The molecule has 2 rings (SSSR count). The van der Waals surface area contributed by atoms with Gasteiger partial charge in [0.25, 0.3) is 6.43 Å². The molecule has 0 aliphatic rings. The van der Waals surface area contributed by atoms with E-state index in [4.69, 9.17) is 9.47 Å². The van der Waals surface area contributed by atoms with Crippen molar-refractivity contribution in [3.63, 3.8) is 0 Å². The van der Waals surface area contributed by atoms with Gasteiger partial charge in [0.1, 0.15) is 23.6 Å². The van der Waals surface area contributed by atoms with Gasteiger partial charge in [0.05, 0.1) is 6.20 Å². The predicted molar refractivity (Wildman–Crippen MR) is 108 cm³/mol. The molecule has 170 valence electrons. The molecule has 0 radical (unpaired) electrons. The first-order chi connectivity index (χ1) is 14.2. The van der Waals surface area contributed by atoms with Gasteiger partial charge in [0.2, 0.25) is 5.95 Å². The van der Waals surface area contributed by atoms with Crippen LogP contribution < -0.4 is 10.2 Å². The Morgan fingerprint density at radius 3 is 2.16 bits per heavy atom. The summed E-state index contributed by atoms with van der Waals surface area (Å²) in [7, 11) is 0. The maximum absolute atomic E-state index is 12.7. The van der Waals surface area contributed by atoms with E-state index >= 15 is 0 Å². The topological polar surface area (TPSA) is 111 Å². The van der Waals surface area contributed by atoms with Crippen molar-refractivity contribution < 1.29 is 27.8 Å². The van der Waals surface area contributed by atoms with Gasteiger partial charge in [-0.2, -0.15) is 15.0 Å². The predicted octanol–water partition coefficient (Wildman–Crippen LogP) is 4.36. The van der Waals surface area contributed by atoms with Crippen LogP contribution in [0, 0.1) is 0 Å². The molecule has 0 saturated carbocycles. The van der Waals surface area contributed by atoms with Crippen LogP contribution in [0.15, 0.2) is 24.5 Å². The highest BCUT2D eigenvalue weighted by Crippen LogP contribution is 2.22. The van der Waals surface area contributed by atoms with E-state index in [0.717, 1.165) is 4.68 Å². The zero-order chi connectivity index (χ0) is 23.4. The van der Waals surface area contributed by atoms with Gasteiger partial charge in [-0.15, -0.1) is 0 Å². The Morgan fingerprint density at radius 1 is 1.06 bits per heavy atom. The van der Waals surface area contributed by atoms with Crippen LogP contribution in [-0.2, 0) is 16.0 Å². The van der Waals surface area contributed by atoms with Crippen molar-refractivity contribution in [2.45, 2.75) is 65.7 Å². The van der Waals surface area contributed by atoms with E-state index in [1.807, 2.05) is 0 Å². The number of hydrogen-bond donors (Lipinski definition) is 1. The summed E-state index contributed by atoms with van der Waals surface area (Å²) < 4.78 is 37.1. The number of hydrogen-bond acceptors (Lipinski definition) is 8. The number of ether oxygens (including phenoxy) is 2. The molecule has 0 unspecified atom stereocenters. The van der Waals surface area contributed by atoms with Crippen LogP contribution in [0.3, 0.4) is 0 Å². The van der Waals surface area contributed by atoms with Crippen LogP contribution in [0.5, 0.6) is 0 Å². The van der Waals surface area contributed by atoms with E-state index in [-0.39, 0.29) is 17.6 Å². The molecular formula is C19H26F2N6O4. The Morgan fingerprint density at radius 2 is 1.65 bits per heavy atom. The molecule has 0 atom stereocenters. The molecule has 2 aromatic rings. The van der Waals surface area contributed by atoms with Crippen LogP contribution in [0.25, 0.3) is 0 Å². The molecule has 0 saturated heterocycles. The number of rotatable bonds is 5. The number of imide groups is 1. The maximum atomic E-state index is 12.7. The van der Waals surface area contributed by atoms with E-state index in [9.17, 15) is 18.4 Å². The molecule has 0 aromatic carbocycles. The molecule has 2 heterocycles. The first-order valence-electron chi connectivity index (χ1n) is 9.41. The standard InChI is InChI=1S/C19H26F2N6O4/c1-18(2,3)30-16(28)27(17(29)31-19(4,5)6)14-7-9-22-15(25-14)24-13-8-10-23-26(13)11-12(20)21/h7-10,12H,11H2,1-6H3,(H,22,24,25). The van der Waals surface area contributed by atoms with Crippen molar-refractivity contribution in [3.8, 4) is 0 Å². The molecule has 0 aliphatic heterocycles. The summed E-state index contributed by atoms with van der Waals surface area (Å²) in [4.78, 5) is 34.2. The summed E-state index contributed by atoms with van der Waals surface area (Å²) in [6.45, 7) is 9.26. The lowest BCUT2D eigenvalue weighted by Crippen LogP contribution is -2.44. The summed E-state index contributed by atoms with van der Waals surface area (Å²) in [5.74, 6) is 0.0325. The highest BCUT2D eigenvalue weighted by molar-refractivity contribution is 6.08. The number of nitrogens with zero attached hydrogens (tertiary/aromatic N) is 5. The average Bonchev–Trinajstić information content (AvgIpc) is 2.98. The average molecular weight is 440 g/mol. The summed E-state index contributed by atoms with van der Waals surface area (Å²) in [6.07, 6.45) is -1.96. The highest BCUT2D eigenvalue weighted by atomic mass is 19.3. The number of carbonyl (C=O) groups is 2. The van der Waals surface area contributed by atoms with Gasteiger partial charge in [-0.3, -0.25) is 0 Å². The van der Waals surface area contributed by atoms with E-state index < -0.39 is 36.4 Å². The van der Waals surface area contributed by atoms with Crippen molar-refractivity contribution in [2.24, 2.45) is 0 Å². The minimum Gasteiger partial charge on any atom is -0.443 e. The van der Waals surface area contributed by atoms with Crippen LogP contribution in [-0.4, -0.2) is 49.6 Å². The van der Waals surface area contributed by atoms with E-state index in [1.54, 1.807) is 41.5 Å². The van der Waals surface area contributed by atoms with Crippen LogP contribution in [0.4, 0.5) is 36.0 Å². The van der Waals surface area contributed by atoms with Gasteiger partial charge in [0, 0.05) is 18.3 Å². The van der Waals surface area contributed by atoms with Gasteiger partial charge >= 0.3 is 12.2 Å². The first kappa shape index (κ1) is 24.0. The zero-order valence-electron chi connectivity index (χ0n) is 18.2. The molecule has 0 spiro atoms. The molecule has 12 heteroatoms. The van der Waals surface area contributed by atoms with E-state index in [0.29, 0.717) is 4.90 Å². The molecule has 2 aromatic heterocycles. The lowest BCUT2D eigenvalue weighted by molar-refractivity contribution is 0.0429. The van der Waals surface area contributed by atoms with Crippen LogP contribution in [0.2, 0.25) is 0 Å². The number of nitrogens with one attached hydrogen (secondary N) is 1. The number of halogens is 2. The largest absolute Gasteiger partial charge is 0.443 e. The normalized spacial score (nSPS) is 11.9. The van der Waals surface area contributed by atoms with E-state index in [2.05, 4.69) is 20.4 Å². The molecule has 1 N–H and O–H groups in total. The Bertz CT molecular complexity index is 893. The monoisotopic (exact) mass is 440 g/mol. The second-order valence-corrected chi connectivity index (χ2v) is 8.45. The summed E-state index contributed by atoms with van der Waals surface area (Å²) in [5.41, 5.74) is -1.76. The van der Waals surface area contributed by atoms with E-state index in [1.165, 1.54) is 24.5 Å². The molecule has 31 heavy (non-hydrogen) atoms. The van der Waals surface area contributed by atoms with Crippen molar-refractivity contribution in [1.29, 1.82) is 0 Å². The van der Waals surface area contributed by atoms with Crippen molar-refractivity contribution in [1.82, 2.24) is 19.7 Å². The number of alkyl halides is 2. The smallest absolute Gasteiger partial charge is 0.425 e. The molecule has 0 aliphatic carbocycles. The number of carbonyl (C=O) groups excluding carboxylic acids is 2. The molecule has 2 amide bonds. The second-order valence-electron chi connectivity index (χ2n) is 8.45. The van der Waals surface area contributed by atoms with Crippen LogP contribution >= 0.6 is 0 Å². The highest BCUT2D eigenvalue weighted by Gasteiger charge is 2.33. The maximum Gasteiger partial charge on any atom is 0.425 e. The summed E-state index contributed by atoms with van der Waals surface area (Å²) in [6, 6.07) is 2.77. The first-order valence-corrected chi connectivity index (χ1v) is 9.41. The Kier molecular flexibility index (Phi) is 7.13. The fourth-order valence-corrected chi connectivity index (χ4v) is 2.24.